The van der Waals surface area contributed by atoms with Crippen LogP contribution in [-0.2, 0) is 4.74 Å². The van der Waals surface area contributed by atoms with Gasteiger partial charge in [0.25, 0.3) is 0 Å². The molecule has 0 aliphatic carbocycles. The standard InChI is InChI=1S/C19H19N3O4S/c1-11-8-15(13(3)22(11)17-9-12(2)26-21-17)16(23)10-25-19(24)14-6-5-7-20-18(14)27-4/h5-9H,10H2,1-4H3. The Labute approximate surface area is 160 Å². The van der Waals surface area contributed by atoms with Crippen molar-refractivity contribution in [2.24, 2.45) is 0 Å². The fourth-order valence-corrected chi connectivity index (χ4v) is 3.39. The summed E-state index contributed by atoms with van der Waals surface area (Å²) in [6, 6.07) is 6.84. The van der Waals surface area contributed by atoms with E-state index in [2.05, 4.69) is 10.1 Å². The number of hydrogen-bond donors (Lipinski definition) is 0. The maximum atomic E-state index is 12.6. The molecule has 0 fully saturated rings. The van der Waals surface area contributed by atoms with Crippen LogP contribution >= 0.6 is 11.8 Å². The van der Waals surface area contributed by atoms with Gasteiger partial charge in [-0.2, -0.15) is 0 Å². The highest BCUT2D eigenvalue weighted by atomic mass is 32.2. The Hall–Kier alpha value is -2.87. The zero-order valence-electron chi connectivity index (χ0n) is 15.5. The van der Waals surface area contributed by atoms with Crippen LogP contribution in [0.5, 0.6) is 0 Å². The van der Waals surface area contributed by atoms with E-state index in [1.807, 2.05) is 24.7 Å². The van der Waals surface area contributed by atoms with Gasteiger partial charge in [-0.25, -0.2) is 9.78 Å². The second kappa shape index (κ2) is 7.79. The summed E-state index contributed by atoms with van der Waals surface area (Å²) in [4.78, 5) is 29.0. The number of pyridine rings is 1. The van der Waals surface area contributed by atoms with Gasteiger partial charge in [-0.05, 0) is 45.2 Å². The van der Waals surface area contributed by atoms with Crippen molar-refractivity contribution >= 4 is 23.5 Å². The van der Waals surface area contributed by atoms with Crippen LogP contribution in [0.25, 0.3) is 5.82 Å². The van der Waals surface area contributed by atoms with E-state index in [4.69, 9.17) is 9.26 Å². The molecule has 0 aliphatic rings. The Kier molecular flexibility index (Phi) is 5.46. The molecular weight excluding hydrogens is 366 g/mol. The number of rotatable bonds is 6. The second-order valence-electron chi connectivity index (χ2n) is 5.98. The highest BCUT2D eigenvalue weighted by Gasteiger charge is 2.21. The molecule has 3 rings (SSSR count). The number of hydrogen-bond acceptors (Lipinski definition) is 7. The van der Waals surface area contributed by atoms with E-state index in [1.54, 1.807) is 37.4 Å². The predicted octanol–water partition coefficient (Wildman–Crippen LogP) is 3.55. The highest BCUT2D eigenvalue weighted by Crippen LogP contribution is 2.22. The number of ether oxygens (including phenoxy) is 1. The summed E-state index contributed by atoms with van der Waals surface area (Å²) in [5, 5.41) is 4.56. The van der Waals surface area contributed by atoms with Crippen LogP contribution in [-0.4, -0.2) is 39.3 Å². The number of carbonyl (C=O) groups is 2. The van der Waals surface area contributed by atoms with Gasteiger partial charge in [0.2, 0.25) is 5.78 Å². The predicted molar refractivity (Wildman–Crippen MR) is 101 cm³/mol. The third kappa shape index (κ3) is 3.80. The van der Waals surface area contributed by atoms with E-state index in [0.717, 1.165) is 5.69 Å². The molecule has 0 aliphatic heterocycles. The second-order valence-corrected chi connectivity index (χ2v) is 6.77. The van der Waals surface area contributed by atoms with Gasteiger partial charge in [0.15, 0.2) is 12.4 Å². The van der Waals surface area contributed by atoms with Crippen LogP contribution in [0.2, 0.25) is 0 Å². The van der Waals surface area contributed by atoms with E-state index in [0.29, 0.717) is 33.4 Å². The Bertz CT molecular complexity index is 1010. The molecule has 0 atom stereocenters. The lowest BCUT2D eigenvalue weighted by molar-refractivity contribution is 0.0470. The quantitative estimate of drug-likeness (QED) is 0.364. The molecule has 8 heteroatoms. The largest absolute Gasteiger partial charge is 0.454 e. The minimum absolute atomic E-state index is 0.280. The molecule has 27 heavy (non-hydrogen) atoms. The molecule has 3 heterocycles. The molecule has 3 aromatic heterocycles. The van der Waals surface area contributed by atoms with Crippen LogP contribution in [0, 0.1) is 20.8 Å². The average Bonchev–Trinajstić information content (AvgIpc) is 3.21. The van der Waals surface area contributed by atoms with Crippen molar-refractivity contribution in [1.82, 2.24) is 14.7 Å². The van der Waals surface area contributed by atoms with Crippen molar-refractivity contribution in [3.63, 3.8) is 0 Å². The molecule has 3 aromatic rings. The Morgan fingerprint density at radius 1 is 1.22 bits per heavy atom. The fourth-order valence-electron chi connectivity index (χ4n) is 2.85. The maximum Gasteiger partial charge on any atom is 0.341 e. The van der Waals surface area contributed by atoms with Gasteiger partial charge in [0.05, 0.1) is 5.56 Å². The van der Waals surface area contributed by atoms with E-state index in [1.165, 1.54) is 11.8 Å². The lowest BCUT2D eigenvalue weighted by atomic mass is 10.1. The zero-order valence-corrected chi connectivity index (χ0v) is 16.3. The van der Waals surface area contributed by atoms with E-state index in [9.17, 15) is 9.59 Å². The molecule has 140 valence electrons. The van der Waals surface area contributed by atoms with Crippen molar-refractivity contribution < 1.29 is 18.8 Å². The number of aromatic nitrogens is 3. The first-order valence-electron chi connectivity index (χ1n) is 8.24. The summed E-state index contributed by atoms with van der Waals surface area (Å²) < 4.78 is 12.2. The van der Waals surface area contributed by atoms with Gasteiger partial charge in [-0.3, -0.25) is 9.36 Å². The van der Waals surface area contributed by atoms with Crippen LogP contribution in [0.15, 0.2) is 40.0 Å². The van der Waals surface area contributed by atoms with Gasteiger partial charge in [-0.15, -0.1) is 11.8 Å². The Balaban J connectivity index is 1.76. The van der Waals surface area contributed by atoms with Crippen molar-refractivity contribution in [3.05, 3.63) is 58.7 Å². The first-order valence-corrected chi connectivity index (χ1v) is 9.46. The molecule has 0 unspecified atom stereocenters. The summed E-state index contributed by atoms with van der Waals surface area (Å²) in [7, 11) is 0. The molecule has 0 radical (unpaired) electrons. The highest BCUT2D eigenvalue weighted by molar-refractivity contribution is 7.98. The van der Waals surface area contributed by atoms with Crippen molar-refractivity contribution in [1.29, 1.82) is 0 Å². The van der Waals surface area contributed by atoms with Gasteiger partial charge < -0.3 is 9.26 Å². The minimum Gasteiger partial charge on any atom is -0.454 e. The molecule has 0 saturated heterocycles. The van der Waals surface area contributed by atoms with Crippen molar-refractivity contribution in [3.8, 4) is 5.82 Å². The number of thioether (sulfide) groups is 1. The maximum absolute atomic E-state index is 12.6. The summed E-state index contributed by atoms with van der Waals surface area (Å²) in [6.45, 7) is 5.15. The van der Waals surface area contributed by atoms with E-state index < -0.39 is 5.97 Å². The number of aryl methyl sites for hydroxylation is 2. The van der Waals surface area contributed by atoms with E-state index in [-0.39, 0.29) is 12.4 Å². The van der Waals surface area contributed by atoms with Gasteiger partial charge in [0, 0.05) is 29.2 Å². The van der Waals surface area contributed by atoms with Gasteiger partial charge in [-0.1, -0.05) is 5.16 Å². The zero-order chi connectivity index (χ0) is 19.6. The molecule has 0 saturated carbocycles. The van der Waals surface area contributed by atoms with E-state index >= 15 is 0 Å². The molecule has 0 bridgehead atoms. The summed E-state index contributed by atoms with van der Waals surface area (Å²) in [6.07, 6.45) is 3.43. The molecular formula is C19H19N3O4S. The first kappa shape index (κ1) is 18.9. The number of nitrogens with zero attached hydrogens (tertiary/aromatic N) is 3. The van der Waals surface area contributed by atoms with Crippen molar-refractivity contribution in [2.75, 3.05) is 12.9 Å². The van der Waals surface area contributed by atoms with Crippen LogP contribution < -0.4 is 0 Å². The lowest BCUT2D eigenvalue weighted by Crippen LogP contribution is -2.15. The van der Waals surface area contributed by atoms with Crippen LogP contribution in [0.3, 0.4) is 0 Å². The fraction of sp³-hybridized carbons (Fsp3) is 0.263. The first-order chi connectivity index (χ1) is 12.9. The number of Topliss-reactive ketones (excluding diaryl/α,β-unsaturated/α-hetero) is 1. The lowest BCUT2D eigenvalue weighted by Gasteiger charge is -2.07. The smallest absolute Gasteiger partial charge is 0.341 e. The van der Waals surface area contributed by atoms with Crippen LogP contribution in [0.4, 0.5) is 0 Å². The Morgan fingerprint density at radius 2 is 2.00 bits per heavy atom. The summed E-state index contributed by atoms with van der Waals surface area (Å²) in [5.41, 5.74) is 2.39. The number of carbonyl (C=O) groups excluding carboxylic acids is 2. The van der Waals surface area contributed by atoms with Crippen LogP contribution in [0.1, 0.15) is 37.9 Å². The minimum atomic E-state index is -0.568. The van der Waals surface area contributed by atoms with Gasteiger partial charge >= 0.3 is 5.97 Å². The average molecular weight is 385 g/mol. The summed E-state index contributed by atoms with van der Waals surface area (Å²) in [5.74, 6) is 0.443. The topological polar surface area (TPSA) is 87.2 Å². The normalized spacial score (nSPS) is 10.8. The molecule has 0 aromatic carbocycles. The van der Waals surface area contributed by atoms with Gasteiger partial charge in [0.1, 0.15) is 10.8 Å². The Morgan fingerprint density at radius 3 is 2.67 bits per heavy atom. The molecule has 0 amide bonds. The number of esters is 1. The third-order valence-corrected chi connectivity index (χ3v) is 4.81. The molecule has 0 N–H and O–H groups in total. The molecule has 0 spiro atoms. The monoisotopic (exact) mass is 385 g/mol. The number of ketones is 1. The SMILES string of the molecule is CSc1ncccc1C(=O)OCC(=O)c1cc(C)n(-c2cc(C)on2)c1C. The molecule has 7 nitrogen and oxygen atoms in total. The summed E-state index contributed by atoms with van der Waals surface area (Å²) >= 11 is 1.35. The van der Waals surface area contributed by atoms with Crippen molar-refractivity contribution in [2.45, 2.75) is 25.8 Å². The third-order valence-electron chi connectivity index (χ3n) is 4.09.